The van der Waals surface area contributed by atoms with Crippen molar-refractivity contribution in [2.24, 2.45) is 0 Å². The van der Waals surface area contributed by atoms with Gasteiger partial charge < -0.3 is 15.3 Å². The Balaban J connectivity index is 3.11. The van der Waals surface area contributed by atoms with Crippen molar-refractivity contribution in [2.45, 2.75) is 19.8 Å². The highest BCUT2D eigenvalue weighted by Crippen LogP contribution is 2.23. The number of anilines is 2. The molecule has 0 spiro atoms. The van der Waals surface area contributed by atoms with Crippen LogP contribution in [0.2, 0.25) is 0 Å². The van der Waals surface area contributed by atoms with Crippen LogP contribution in [0, 0.1) is 0 Å². The Morgan fingerprint density at radius 3 is 2.40 bits per heavy atom. The largest absolute Gasteiger partial charge is 0.481 e. The molecule has 0 fully saturated rings. The molecule has 0 aromatic heterocycles. The van der Waals surface area contributed by atoms with Crippen LogP contribution in [-0.4, -0.2) is 56.1 Å². The maximum absolute atomic E-state index is 12.6. The Bertz CT molecular complexity index is 775. The summed E-state index contributed by atoms with van der Waals surface area (Å²) in [6, 6.07) is 4.21. The first-order valence-electron chi connectivity index (χ1n) is 7.36. The molecule has 0 unspecified atom stereocenters. The number of amides is 2. The van der Waals surface area contributed by atoms with E-state index in [1.54, 1.807) is 0 Å². The number of nitrogens with zero attached hydrogens (tertiary/aromatic N) is 1. The molecule has 0 radical (unpaired) electrons. The summed E-state index contributed by atoms with van der Waals surface area (Å²) < 4.78 is 25.2. The SMILES string of the molecule is CC(=O)Nc1ccc(NS(C)(=O)=O)c(C(=O)N(C)CCCC(=O)O)c1. The van der Waals surface area contributed by atoms with Gasteiger partial charge in [0.25, 0.3) is 5.91 Å². The summed E-state index contributed by atoms with van der Waals surface area (Å²) in [5, 5.41) is 11.2. The van der Waals surface area contributed by atoms with Crippen molar-refractivity contribution in [1.82, 2.24) is 4.90 Å². The number of rotatable bonds is 8. The topological polar surface area (TPSA) is 133 Å². The average molecular weight is 371 g/mol. The second-order valence-corrected chi connectivity index (χ2v) is 7.29. The molecule has 25 heavy (non-hydrogen) atoms. The van der Waals surface area contributed by atoms with Crippen molar-refractivity contribution in [3.63, 3.8) is 0 Å². The van der Waals surface area contributed by atoms with Gasteiger partial charge in [-0.3, -0.25) is 19.1 Å². The Morgan fingerprint density at radius 2 is 1.88 bits per heavy atom. The van der Waals surface area contributed by atoms with Crippen LogP contribution in [-0.2, 0) is 19.6 Å². The minimum atomic E-state index is -3.61. The van der Waals surface area contributed by atoms with Gasteiger partial charge in [-0.05, 0) is 24.6 Å². The fraction of sp³-hybridized carbons (Fsp3) is 0.400. The number of carboxylic acids is 1. The van der Waals surface area contributed by atoms with Crippen molar-refractivity contribution in [3.8, 4) is 0 Å². The number of sulfonamides is 1. The third kappa shape index (κ3) is 7.21. The van der Waals surface area contributed by atoms with E-state index in [0.29, 0.717) is 5.69 Å². The number of carboxylic acid groups (broad SMARTS) is 1. The van der Waals surface area contributed by atoms with Crippen LogP contribution in [0.3, 0.4) is 0 Å². The second kappa shape index (κ2) is 8.47. The predicted molar refractivity (Wildman–Crippen MR) is 93.0 cm³/mol. The summed E-state index contributed by atoms with van der Waals surface area (Å²) in [5.41, 5.74) is 0.468. The fourth-order valence-electron chi connectivity index (χ4n) is 2.07. The number of benzene rings is 1. The Hall–Kier alpha value is -2.62. The minimum absolute atomic E-state index is 0.0505. The van der Waals surface area contributed by atoms with Crippen molar-refractivity contribution in [3.05, 3.63) is 23.8 Å². The molecule has 3 N–H and O–H groups in total. The lowest BCUT2D eigenvalue weighted by Crippen LogP contribution is -2.29. The lowest BCUT2D eigenvalue weighted by atomic mass is 10.1. The van der Waals surface area contributed by atoms with E-state index in [1.807, 2.05) is 0 Å². The Labute approximate surface area is 146 Å². The smallest absolute Gasteiger partial charge is 0.303 e. The molecular formula is C15H21N3O6S. The van der Waals surface area contributed by atoms with Crippen molar-refractivity contribution in [2.75, 3.05) is 29.9 Å². The third-order valence-electron chi connectivity index (χ3n) is 3.10. The van der Waals surface area contributed by atoms with Crippen molar-refractivity contribution < 1.29 is 27.9 Å². The fourth-order valence-corrected chi connectivity index (χ4v) is 2.64. The first-order valence-corrected chi connectivity index (χ1v) is 9.25. The molecule has 0 heterocycles. The van der Waals surface area contributed by atoms with Crippen LogP contribution < -0.4 is 10.0 Å². The van der Waals surface area contributed by atoms with Crippen LogP contribution in [0.1, 0.15) is 30.1 Å². The van der Waals surface area contributed by atoms with Crippen LogP contribution in [0.15, 0.2) is 18.2 Å². The molecule has 1 rings (SSSR count). The van der Waals surface area contributed by atoms with Gasteiger partial charge in [-0.2, -0.15) is 0 Å². The van der Waals surface area contributed by atoms with Gasteiger partial charge in [-0.15, -0.1) is 0 Å². The van der Waals surface area contributed by atoms with Gasteiger partial charge in [-0.25, -0.2) is 8.42 Å². The maximum Gasteiger partial charge on any atom is 0.303 e. The molecule has 0 aliphatic carbocycles. The van der Waals surface area contributed by atoms with Gasteiger partial charge in [-0.1, -0.05) is 0 Å². The van der Waals surface area contributed by atoms with Gasteiger partial charge >= 0.3 is 5.97 Å². The number of aliphatic carboxylic acids is 1. The highest BCUT2D eigenvalue weighted by Gasteiger charge is 2.19. The molecule has 1 aromatic rings. The summed E-state index contributed by atoms with van der Waals surface area (Å²) in [7, 11) is -2.12. The average Bonchev–Trinajstić information content (AvgIpc) is 2.45. The molecule has 138 valence electrons. The summed E-state index contributed by atoms with van der Waals surface area (Å²) >= 11 is 0. The van der Waals surface area contributed by atoms with Gasteiger partial charge in [0.15, 0.2) is 0 Å². The number of nitrogens with one attached hydrogen (secondary N) is 2. The zero-order chi connectivity index (χ0) is 19.2. The molecule has 0 bridgehead atoms. The van der Waals surface area contributed by atoms with Crippen molar-refractivity contribution >= 4 is 39.2 Å². The van der Waals surface area contributed by atoms with Crippen LogP contribution in [0.4, 0.5) is 11.4 Å². The maximum atomic E-state index is 12.6. The molecule has 0 aliphatic rings. The molecule has 1 aromatic carbocycles. The Morgan fingerprint density at radius 1 is 1.24 bits per heavy atom. The number of hydrogen-bond acceptors (Lipinski definition) is 5. The summed E-state index contributed by atoms with van der Waals surface area (Å²) in [6.45, 7) is 1.50. The second-order valence-electron chi connectivity index (χ2n) is 5.54. The molecule has 0 saturated carbocycles. The van der Waals surface area contributed by atoms with Gasteiger partial charge in [0.05, 0.1) is 17.5 Å². The van der Waals surface area contributed by atoms with E-state index >= 15 is 0 Å². The standard InChI is InChI=1S/C15H21N3O6S/c1-10(19)16-11-6-7-13(17-25(3,23)24)12(9-11)15(22)18(2)8-4-5-14(20)21/h6-7,9,17H,4-5,8H2,1-3H3,(H,16,19)(H,20,21). The number of carbonyl (C=O) groups is 3. The van der Waals surface area contributed by atoms with E-state index in [9.17, 15) is 22.8 Å². The highest BCUT2D eigenvalue weighted by atomic mass is 32.2. The van der Waals surface area contributed by atoms with Crippen LogP contribution in [0.5, 0.6) is 0 Å². The highest BCUT2D eigenvalue weighted by molar-refractivity contribution is 7.92. The van der Waals surface area contributed by atoms with Gasteiger partial charge in [0, 0.05) is 32.6 Å². The van der Waals surface area contributed by atoms with E-state index < -0.39 is 21.9 Å². The predicted octanol–water partition coefficient (Wildman–Crippen LogP) is 0.953. The zero-order valence-corrected chi connectivity index (χ0v) is 15.0. The van der Waals surface area contributed by atoms with E-state index in [0.717, 1.165) is 6.26 Å². The lowest BCUT2D eigenvalue weighted by Gasteiger charge is -2.19. The molecule has 10 heteroatoms. The first-order chi connectivity index (χ1) is 11.5. The summed E-state index contributed by atoms with van der Waals surface area (Å²) in [5.74, 6) is -1.80. The first kappa shape index (κ1) is 20.4. The van der Waals surface area contributed by atoms with E-state index in [4.69, 9.17) is 5.11 Å². The van der Waals surface area contributed by atoms with E-state index in [2.05, 4.69) is 10.0 Å². The molecule has 0 atom stereocenters. The molecule has 9 nitrogen and oxygen atoms in total. The van der Waals surface area contributed by atoms with Crippen molar-refractivity contribution in [1.29, 1.82) is 0 Å². The monoisotopic (exact) mass is 371 g/mol. The van der Waals surface area contributed by atoms with E-state index in [-0.39, 0.29) is 36.5 Å². The van der Waals surface area contributed by atoms with Crippen LogP contribution in [0.25, 0.3) is 0 Å². The van der Waals surface area contributed by atoms with Gasteiger partial charge in [0.1, 0.15) is 0 Å². The minimum Gasteiger partial charge on any atom is -0.481 e. The Kier molecular flexibility index (Phi) is 6.92. The quantitative estimate of drug-likeness (QED) is 0.623. The molecular weight excluding hydrogens is 350 g/mol. The summed E-state index contributed by atoms with van der Waals surface area (Å²) in [4.78, 5) is 35.6. The normalized spacial score (nSPS) is 10.8. The summed E-state index contributed by atoms with van der Waals surface area (Å²) in [6.07, 6.45) is 1.13. The van der Waals surface area contributed by atoms with Crippen LogP contribution >= 0.6 is 0 Å². The van der Waals surface area contributed by atoms with Gasteiger partial charge in [0.2, 0.25) is 15.9 Å². The van der Waals surface area contributed by atoms with E-state index in [1.165, 1.54) is 37.1 Å². The molecule has 0 saturated heterocycles. The number of hydrogen-bond donors (Lipinski definition) is 3. The molecule has 0 aliphatic heterocycles. The third-order valence-corrected chi connectivity index (χ3v) is 3.69. The zero-order valence-electron chi connectivity index (χ0n) is 14.2. The molecule has 2 amide bonds. The lowest BCUT2D eigenvalue weighted by molar-refractivity contribution is -0.137. The number of carbonyl (C=O) groups excluding carboxylic acids is 2.